The SMILES string of the molecule is CNc1cccc(CN2CCN(C3CC3)CC2)n1. The van der Waals surface area contributed by atoms with E-state index in [4.69, 9.17) is 0 Å². The first-order chi connectivity index (χ1) is 8.85. The van der Waals surface area contributed by atoms with Crippen molar-refractivity contribution in [2.45, 2.75) is 25.4 Å². The fourth-order valence-corrected chi connectivity index (χ4v) is 2.66. The summed E-state index contributed by atoms with van der Waals surface area (Å²) in [5, 5.41) is 3.10. The average molecular weight is 246 g/mol. The van der Waals surface area contributed by atoms with Crippen LogP contribution in [0.1, 0.15) is 18.5 Å². The Morgan fingerprint density at radius 2 is 2.00 bits per heavy atom. The van der Waals surface area contributed by atoms with Crippen LogP contribution in [0.2, 0.25) is 0 Å². The minimum absolute atomic E-state index is 0.915. The minimum atomic E-state index is 0.915. The van der Waals surface area contributed by atoms with Crippen LogP contribution < -0.4 is 5.32 Å². The highest BCUT2D eigenvalue weighted by atomic mass is 15.3. The summed E-state index contributed by atoms with van der Waals surface area (Å²) in [7, 11) is 1.92. The van der Waals surface area contributed by atoms with E-state index in [2.05, 4.69) is 32.2 Å². The molecule has 0 spiro atoms. The van der Waals surface area contributed by atoms with Crippen LogP contribution in [-0.4, -0.2) is 54.1 Å². The molecule has 2 fully saturated rings. The molecule has 1 aliphatic carbocycles. The van der Waals surface area contributed by atoms with Gasteiger partial charge in [-0.1, -0.05) is 6.07 Å². The highest BCUT2D eigenvalue weighted by Crippen LogP contribution is 2.27. The number of aromatic nitrogens is 1. The van der Waals surface area contributed by atoms with Crippen molar-refractivity contribution in [2.75, 3.05) is 38.5 Å². The Kier molecular flexibility index (Phi) is 3.48. The first-order valence-corrected chi connectivity index (χ1v) is 6.95. The second-order valence-electron chi connectivity index (χ2n) is 5.31. The topological polar surface area (TPSA) is 31.4 Å². The fourth-order valence-electron chi connectivity index (χ4n) is 2.66. The zero-order valence-electron chi connectivity index (χ0n) is 11.1. The van der Waals surface area contributed by atoms with E-state index in [1.165, 1.54) is 44.7 Å². The molecule has 4 heteroatoms. The van der Waals surface area contributed by atoms with Crippen LogP contribution in [0.3, 0.4) is 0 Å². The summed E-state index contributed by atoms with van der Waals surface area (Å²) in [6.45, 7) is 5.81. The molecule has 0 atom stereocenters. The third-order valence-corrected chi connectivity index (χ3v) is 3.92. The minimum Gasteiger partial charge on any atom is -0.373 e. The maximum Gasteiger partial charge on any atom is 0.126 e. The van der Waals surface area contributed by atoms with E-state index in [1.54, 1.807) is 0 Å². The van der Waals surface area contributed by atoms with Crippen LogP contribution >= 0.6 is 0 Å². The number of nitrogens with zero attached hydrogens (tertiary/aromatic N) is 3. The molecule has 0 unspecified atom stereocenters. The Bertz CT molecular complexity index is 395. The van der Waals surface area contributed by atoms with Gasteiger partial charge >= 0.3 is 0 Å². The van der Waals surface area contributed by atoms with E-state index in [0.29, 0.717) is 0 Å². The lowest BCUT2D eigenvalue weighted by Gasteiger charge is -2.34. The van der Waals surface area contributed by atoms with E-state index in [-0.39, 0.29) is 0 Å². The smallest absolute Gasteiger partial charge is 0.126 e. The number of hydrogen-bond acceptors (Lipinski definition) is 4. The summed E-state index contributed by atoms with van der Waals surface area (Å²) in [6, 6.07) is 7.12. The van der Waals surface area contributed by atoms with Crippen molar-refractivity contribution in [3.8, 4) is 0 Å². The van der Waals surface area contributed by atoms with Crippen molar-refractivity contribution in [3.63, 3.8) is 0 Å². The molecule has 1 aromatic rings. The molecule has 3 rings (SSSR count). The third kappa shape index (κ3) is 2.82. The fraction of sp³-hybridized carbons (Fsp3) is 0.643. The molecule has 2 heterocycles. The predicted octanol–water partition coefficient (Wildman–Crippen LogP) is 1.40. The van der Waals surface area contributed by atoms with Crippen molar-refractivity contribution in [2.24, 2.45) is 0 Å². The molecular formula is C14H22N4. The van der Waals surface area contributed by atoms with E-state index in [0.717, 1.165) is 18.4 Å². The molecule has 18 heavy (non-hydrogen) atoms. The highest BCUT2D eigenvalue weighted by Gasteiger charge is 2.31. The van der Waals surface area contributed by atoms with E-state index >= 15 is 0 Å². The van der Waals surface area contributed by atoms with E-state index in [9.17, 15) is 0 Å². The van der Waals surface area contributed by atoms with Gasteiger partial charge in [-0.3, -0.25) is 9.80 Å². The van der Waals surface area contributed by atoms with Crippen LogP contribution in [-0.2, 0) is 6.54 Å². The van der Waals surface area contributed by atoms with Crippen LogP contribution in [0, 0.1) is 0 Å². The van der Waals surface area contributed by atoms with Crippen molar-refractivity contribution < 1.29 is 0 Å². The molecule has 1 aromatic heterocycles. The highest BCUT2D eigenvalue weighted by molar-refractivity contribution is 5.34. The molecule has 0 bridgehead atoms. The van der Waals surface area contributed by atoms with Crippen LogP contribution in [0.15, 0.2) is 18.2 Å². The van der Waals surface area contributed by atoms with E-state index in [1.807, 2.05) is 13.1 Å². The van der Waals surface area contributed by atoms with Crippen molar-refractivity contribution in [1.82, 2.24) is 14.8 Å². The zero-order valence-corrected chi connectivity index (χ0v) is 11.1. The van der Waals surface area contributed by atoms with Gasteiger partial charge in [0.05, 0.1) is 5.69 Å². The molecule has 2 aliphatic rings. The first-order valence-electron chi connectivity index (χ1n) is 6.95. The van der Waals surface area contributed by atoms with Crippen molar-refractivity contribution in [1.29, 1.82) is 0 Å². The molecule has 98 valence electrons. The predicted molar refractivity (Wildman–Crippen MR) is 73.7 cm³/mol. The van der Waals surface area contributed by atoms with Gasteiger partial charge in [-0.2, -0.15) is 0 Å². The van der Waals surface area contributed by atoms with Gasteiger partial charge in [0.1, 0.15) is 5.82 Å². The van der Waals surface area contributed by atoms with Crippen LogP contribution in [0.5, 0.6) is 0 Å². The van der Waals surface area contributed by atoms with Gasteiger partial charge in [-0.25, -0.2) is 4.98 Å². The standard InChI is InChI=1S/C14H22N4/c1-15-14-4-2-3-12(16-14)11-17-7-9-18(10-8-17)13-5-6-13/h2-4,13H,5-11H2,1H3,(H,15,16). The lowest BCUT2D eigenvalue weighted by atomic mass is 10.2. The Labute approximate surface area is 109 Å². The molecule has 1 aliphatic heterocycles. The Morgan fingerprint density at radius 3 is 2.67 bits per heavy atom. The van der Waals surface area contributed by atoms with Gasteiger partial charge in [0.15, 0.2) is 0 Å². The maximum absolute atomic E-state index is 4.59. The quantitative estimate of drug-likeness (QED) is 0.870. The molecule has 1 saturated heterocycles. The molecule has 1 N–H and O–H groups in total. The molecule has 1 saturated carbocycles. The monoisotopic (exact) mass is 246 g/mol. The van der Waals surface area contributed by atoms with Crippen LogP contribution in [0.4, 0.5) is 5.82 Å². The van der Waals surface area contributed by atoms with Gasteiger partial charge in [-0.05, 0) is 25.0 Å². The van der Waals surface area contributed by atoms with Gasteiger partial charge in [0.2, 0.25) is 0 Å². The summed E-state index contributed by atoms with van der Waals surface area (Å²) >= 11 is 0. The molecule has 0 aromatic carbocycles. The van der Waals surface area contributed by atoms with Crippen LogP contribution in [0.25, 0.3) is 0 Å². The second kappa shape index (κ2) is 5.24. The number of pyridine rings is 1. The van der Waals surface area contributed by atoms with Gasteiger partial charge in [0, 0.05) is 45.8 Å². The van der Waals surface area contributed by atoms with Crippen molar-refractivity contribution in [3.05, 3.63) is 23.9 Å². The lowest BCUT2D eigenvalue weighted by molar-refractivity contribution is 0.120. The van der Waals surface area contributed by atoms with Gasteiger partial charge in [0.25, 0.3) is 0 Å². The Morgan fingerprint density at radius 1 is 1.22 bits per heavy atom. The largest absolute Gasteiger partial charge is 0.373 e. The average Bonchev–Trinajstić information content (AvgIpc) is 3.24. The summed E-state index contributed by atoms with van der Waals surface area (Å²) < 4.78 is 0. The summed E-state index contributed by atoms with van der Waals surface area (Å²) in [6.07, 6.45) is 2.84. The summed E-state index contributed by atoms with van der Waals surface area (Å²) in [5.41, 5.74) is 1.17. The number of anilines is 1. The maximum atomic E-state index is 4.59. The molecule has 0 amide bonds. The lowest BCUT2D eigenvalue weighted by Crippen LogP contribution is -2.46. The Balaban J connectivity index is 1.53. The summed E-state index contributed by atoms with van der Waals surface area (Å²) in [4.78, 5) is 9.75. The normalized spacial score (nSPS) is 22.1. The third-order valence-electron chi connectivity index (χ3n) is 3.92. The Hall–Kier alpha value is -1.13. The second-order valence-corrected chi connectivity index (χ2v) is 5.31. The molecule has 4 nitrogen and oxygen atoms in total. The summed E-state index contributed by atoms with van der Waals surface area (Å²) in [5.74, 6) is 0.962. The van der Waals surface area contributed by atoms with Crippen molar-refractivity contribution >= 4 is 5.82 Å². The number of hydrogen-bond donors (Lipinski definition) is 1. The van der Waals surface area contributed by atoms with Gasteiger partial charge in [-0.15, -0.1) is 0 Å². The number of rotatable bonds is 4. The van der Waals surface area contributed by atoms with Gasteiger partial charge < -0.3 is 5.32 Å². The number of nitrogens with one attached hydrogen (secondary N) is 1. The zero-order chi connectivity index (χ0) is 12.4. The number of piperazine rings is 1. The molecule has 0 radical (unpaired) electrons. The first kappa shape index (κ1) is 11.9. The molecular weight excluding hydrogens is 224 g/mol. The van der Waals surface area contributed by atoms with E-state index < -0.39 is 0 Å².